The van der Waals surface area contributed by atoms with E-state index in [9.17, 15) is 0 Å². The van der Waals surface area contributed by atoms with E-state index in [-0.39, 0.29) is 12.1 Å². The second kappa shape index (κ2) is 7.09. The molecular formula is C17H27NO2. The highest BCUT2D eigenvalue weighted by Gasteiger charge is 2.25. The minimum Gasteiger partial charge on any atom is -0.497 e. The number of rotatable bonds is 5. The number of nitrogens with two attached hydrogens (primary N) is 1. The minimum atomic E-state index is -0.0552. The summed E-state index contributed by atoms with van der Waals surface area (Å²) in [4.78, 5) is 0. The number of ether oxygens (including phenoxy) is 2. The van der Waals surface area contributed by atoms with Crippen molar-refractivity contribution < 1.29 is 9.47 Å². The van der Waals surface area contributed by atoms with Crippen molar-refractivity contribution in [1.29, 1.82) is 0 Å². The van der Waals surface area contributed by atoms with Crippen LogP contribution in [0.2, 0.25) is 0 Å². The van der Waals surface area contributed by atoms with Gasteiger partial charge >= 0.3 is 0 Å². The second-order valence-corrected chi connectivity index (χ2v) is 6.09. The standard InChI is InChI=1S/C17H27NO2/c1-12-6-4-9-16(10-12)20-17(13(2)18)14-7-5-8-15(11-14)19-3/h5,7-8,11-13,16-17H,4,6,9-10,18H2,1-3H3. The normalized spacial score (nSPS) is 26.0. The topological polar surface area (TPSA) is 44.5 Å². The molecule has 3 heteroatoms. The molecule has 0 spiro atoms. The molecule has 1 saturated carbocycles. The van der Waals surface area contributed by atoms with Gasteiger partial charge in [0.15, 0.2) is 0 Å². The van der Waals surface area contributed by atoms with Gasteiger partial charge in [0.25, 0.3) is 0 Å². The molecule has 2 rings (SSSR count). The summed E-state index contributed by atoms with van der Waals surface area (Å²) in [7, 11) is 1.68. The largest absolute Gasteiger partial charge is 0.497 e. The van der Waals surface area contributed by atoms with Crippen LogP contribution in [0.1, 0.15) is 51.2 Å². The van der Waals surface area contributed by atoms with Gasteiger partial charge < -0.3 is 15.2 Å². The smallest absolute Gasteiger partial charge is 0.119 e. The maximum atomic E-state index is 6.33. The summed E-state index contributed by atoms with van der Waals surface area (Å²) in [6.07, 6.45) is 5.16. The van der Waals surface area contributed by atoms with Gasteiger partial charge in [-0.15, -0.1) is 0 Å². The van der Waals surface area contributed by atoms with E-state index < -0.39 is 0 Å². The van der Waals surface area contributed by atoms with Crippen LogP contribution in [0, 0.1) is 5.92 Å². The Balaban J connectivity index is 2.09. The zero-order valence-corrected chi connectivity index (χ0v) is 12.8. The van der Waals surface area contributed by atoms with Gasteiger partial charge in [-0.3, -0.25) is 0 Å². The van der Waals surface area contributed by atoms with E-state index in [4.69, 9.17) is 15.2 Å². The molecule has 0 bridgehead atoms. The highest BCUT2D eigenvalue weighted by molar-refractivity contribution is 5.30. The van der Waals surface area contributed by atoms with Gasteiger partial charge in [-0.2, -0.15) is 0 Å². The minimum absolute atomic E-state index is 0.0284. The lowest BCUT2D eigenvalue weighted by Gasteiger charge is -2.32. The van der Waals surface area contributed by atoms with Gasteiger partial charge in [0.1, 0.15) is 5.75 Å². The highest BCUT2D eigenvalue weighted by Crippen LogP contribution is 2.32. The Bertz CT molecular complexity index is 419. The van der Waals surface area contributed by atoms with Crippen molar-refractivity contribution in [2.45, 2.75) is 57.8 Å². The average Bonchev–Trinajstić information content (AvgIpc) is 2.44. The maximum absolute atomic E-state index is 6.33. The molecule has 0 radical (unpaired) electrons. The molecule has 20 heavy (non-hydrogen) atoms. The van der Waals surface area contributed by atoms with Crippen molar-refractivity contribution >= 4 is 0 Å². The molecule has 2 N–H and O–H groups in total. The Labute approximate surface area is 122 Å². The Kier molecular flexibility index (Phi) is 5.44. The Hall–Kier alpha value is -1.06. The predicted octanol–water partition coefficient (Wildman–Crippen LogP) is 3.68. The molecule has 4 atom stereocenters. The molecule has 1 aromatic carbocycles. The Morgan fingerprint density at radius 2 is 2.10 bits per heavy atom. The summed E-state index contributed by atoms with van der Waals surface area (Å²) in [5.41, 5.74) is 7.26. The molecule has 112 valence electrons. The van der Waals surface area contributed by atoms with E-state index in [0.29, 0.717) is 6.10 Å². The van der Waals surface area contributed by atoms with E-state index >= 15 is 0 Å². The van der Waals surface area contributed by atoms with Crippen LogP contribution in [0.25, 0.3) is 0 Å². The fourth-order valence-electron chi connectivity index (χ4n) is 3.03. The van der Waals surface area contributed by atoms with Crippen molar-refractivity contribution in [3.05, 3.63) is 29.8 Å². The van der Waals surface area contributed by atoms with E-state index in [0.717, 1.165) is 30.1 Å². The molecule has 1 aliphatic carbocycles. The van der Waals surface area contributed by atoms with Gasteiger partial charge in [0, 0.05) is 6.04 Å². The molecule has 0 aliphatic heterocycles. The van der Waals surface area contributed by atoms with Crippen LogP contribution >= 0.6 is 0 Å². The third kappa shape index (κ3) is 3.97. The zero-order chi connectivity index (χ0) is 14.5. The van der Waals surface area contributed by atoms with Gasteiger partial charge in [-0.25, -0.2) is 0 Å². The van der Waals surface area contributed by atoms with Crippen LogP contribution in [-0.4, -0.2) is 19.3 Å². The van der Waals surface area contributed by atoms with Crippen molar-refractivity contribution in [3.63, 3.8) is 0 Å². The van der Waals surface area contributed by atoms with Crippen molar-refractivity contribution in [1.82, 2.24) is 0 Å². The Morgan fingerprint density at radius 3 is 2.75 bits per heavy atom. The first-order chi connectivity index (χ1) is 9.60. The average molecular weight is 277 g/mol. The highest BCUT2D eigenvalue weighted by atomic mass is 16.5. The van der Waals surface area contributed by atoms with Crippen molar-refractivity contribution in [2.75, 3.05) is 7.11 Å². The van der Waals surface area contributed by atoms with Gasteiger partial charge in [-0.05, 0) is 43.4 Å². The zero-order valence-electron chi connectivity index (χ0n) is 12.8. The lowest BCUT2D eigenvalue weighted by atomic mass is 9.88. The van der Waals surface area contributed by atoms with Gasteiger partial charge in [0.05, 0.1) is 19.3 Å². The van der Waals surface area contributed by atoms with Gasteiger partial charge in [-0.1, -0.05) is 31.9 Å². The van der Waals surface area contributed by atoms with E-state index in [1.165, 1.54) is 12.8 Å². The van der Waals surface area contributed by atoms with Crippen LogP contribution in [0.4, 0.5) is 0 Å². The molecule has 3 nitrogen and oxygen atoms in total. The van der Waals surface area contributed by atoms with Crippen molar-refractivity contribution in [2.24, 2.45) is 11.7 Å². The van der Waals surface area contributed by atoms with Crippen LogP contribution in [0.3, 0.4) is 0 Å². The number of hydrogen-bond acceptors (Lipinski definition) is 3. The molecule has 1 fully saturated rings. The van der Waals surface area contributed by atoms with Crippen LogP contribution in [0.5, 0.6) is 5.75 Å². The second-order valence-electron chi connectivity index (χ2n) is 6.09. The molecule has 0 aromatic heterocycles. The summed E-state index contributed by atoms with van der Waals surface area (Å²) >= 11 is 0. The lowest BCUT2D eigenvalue weighted by Crippen LogP contribution is -2.32. The monoisotopic (exact) mass is 277 g/mol. The maximum Gasteiger partial charge on any atom is 0.119 e. The van der Waals surface area contributed by atoms with Crippen molar-refractivity contribution in [3.8, 4) is 5.75 Å². The van der Waals surface area contributed by atoms with Crippen LogP contribution in [0.15, 0.2) is 24.3 Å². The third-order valence-electron chi connectivity index (χ3n) is 4.13. The van der Waals surface area contributed by atoms with Crippen LogP contribution < -0.4 is 10.5 Å². The summed E-state index contributed by atoms with van der Waals surface area (Å²) in [5, 5.41) is 0. The fraction of sp³-hybridized carbons (Fsp3) is 0.647. The van der Waals surface area contributed by atoms with E-state index in [2.05, 4.69) is 13.0 Å². The Morgan fingerprint density at radius 1 is 1.30 bits per heavy atom. The number of methoxy groups -OCH3 is 1. The lowest BCUT2D eigenvalue weighted by molar-refractivity contribution is -0.0490. The summed E-state index contributed by atoms with van der Waals surface area (Å²) in [6, 6.07) is 8.02. The first-order valence-corrected chi connectivity index (χ1v) is 7.65. The predicted molar refractivity (Wildman–Crippen MR) is 81.9 cm³/mol. The quantitative estimate of drug-likeness (QED) is 0.893. The summed E-state index contributed by atoms with van der Waals surface area (Å²) in [5.74, 6) is 1.61. The SMILES string of the molecule is COc1cccc(C(OC2CCCC(C)C2)C(C)N)c1. The molecule has 1 aromatic rings. The third-order valence-corrected chi connectivity index (χ3v) is 4.13. The molecule has 0 saturated heterocycles. The first-order valence-electron chi connectivity index (χ1n) is 7.65. The molecule has 1 aliphatic rings. The fourth-order valence-corrected chi connectivity index (χ4v) is 3.03. The first kappa shape index (κ1) is 15.3. The van der Waals surface area contributed by atoms with E-state index in [1.54, 1.807) is 7.11 Å². The number of benzene rings is 1. The molecule has 0 amide bonds. The number of hydrogen-bond donors (Lipinski definition) is 1. The van der Waals surface area contributed by atoms with E-state index in [1.807, 2.05) is 25.1 Å². The summed E-state index contributed by atoms with van der Waals surface area (Å²) < 4.78 is 11.6. The van der Waals surface area contributed by atoms with Gasteiger partial charge in [0.2, 0.25) is 0 Å². The molecule has 4 unspecified atom stereocenters. The van der Waals surface area contributed by atoms with Crippen LogP contribution in [-0.2, 0) is 4.74 Å². The molecule has 0 heterocycles. The summed E-state index contributed by atoms with van der Waals surface area (Å²) in [6.45, 7) is 4.32. The molecular weight excluding hydrogens is 250 g/mol.